The van der Waals surface area contributed by atoms with Crippen LogP contribution in [-0.4, -0.2) is 29.7 Å². The van der Waals surface area contributed by atoms with Gasteiger partial charge in [0.2, 0.25) is 5.91 Å². The molecule has 0 saturated heterocycles. The number of amides is 3. The van der Waals surface area contributed by atoms with E-state index in [2.05, 4.69) is 5.32 Å². The minimum absolute atomic E-state index is 0.264. The number of halogens is 2. The average Bonchev–Trinajstić information content (AvgIpc) is 3.26. The Morgan fingerprint density at radius 3 is 2.40 bits per heavy atom. The molecule has 0 radical (unpaired) electrons. The summed E-state index contributed by atoms with van der Waals surface area (Å²) in [6.45, 7) is 0. The van der Waals surface area contributed by atoms with Gasteiger partial charge in [-0.2, -0.15) is 0 Å². The van der Waals surface area contributed by atoms with E-state index in [0.29, 0.717) is 32.8 Å². The molecule has 6 nitrogen and oxygen atoms in total. The van der Waals surface area contributed by atoms with Crippen LogP contribution in [0.15, 0.2) is 59.0 Å². The van der Waals surface area contributed by atoms with Crippen LogP contribution in [-0.2, 0) is 4.79 Å². The lowest BCUT2D eigenvalue weighted by molar-refractivity contribution is -0.111. The normalized spacial score (nSPS) is 13.2. The lowest BCUT2D eigenvalue weighted by Crippen LogP contribution is -2.24. The molecule has 0 fully saturated rings. The van der Waals surface area contributed by atoms with Gasteiger partial charge < -0.3 is 9.73 Å². The Kier molecular flexibility index (Phi) is 5.20. The highest BCUT2D eigenvalue weighted by Gasteiger charge is 2.32. The van der Waals surface area contributed by atoms with Gasteiger partial charge in [-0.05, 0) is 54.6 Å². The molecule has 1 aliphatic rings. The van der Waals surface area contributed by atoms with E-state index < -0.39 is 11.8 Å². The number of imide groups is 1. The van der Waals surface area contributed by atoms with Crippen molar-refractivity contribution in [1.29, 1.82) is 0 Å². The molecule has 150 valence electrons. The predicted octanol–water partition coefficient (Wildman–Crippen LogP) is 5.13. The van der Waals surface area contributed by atoms with Gasteiger partial charge in [-0.15, -0.1) is 0 Å². The van der Waals surface area contributed by atoms with Crippen LogP contribution in [0.4, 0.5) is 5.69 Å². The summed E-state index contributed by atoms with van der Waals surface area (Å²) in [5, 5.41) is 3.64. The number of rotatable bonds is 4. The Balaban J connectivity index is 1.46. The number of hydrogen-bond acceptors (Lipinski definition) is 4. The van der Waals surface area contributed by atoms with Crippen LogP contribution in [0, 0.1) is 0 Å². The van der Waals surface area contributed by atoms with Crippen LogP contribution in [0.3, 0.4) is 0 Å². The smallest absolute Gasteiger partial charge is 0.261 e. The monoisotopic (exact) mass is 440 g/mol. The molecule has 1 aromatic heterocycles. The summed E-state index contributed by atoms with van der Waals surface area (Å²) < 4.78 is 5.71. The Labute approximate surface area is 181 Å². The summed E-state index contributed by atoms with van der Waals surface area (Å²) in [6.07, 6.45) is 2.82. The zero-order chi connectivity index (χ0) is 21.4. The van der Waals surface area contributed by atoms with E-state index in [0.717, 1.165) is 10.5 Å². The second kappa shape index (κ2) is 7.82. The molecule has 3 aromatic rings. The summed E-state index contributed by atoms with van der Waals surface area (Å²) in [6, 6.07) is 13.1. The molecule has 1 aliphatic heterocycles. The van der Waals surface area contributed by atoms with E-state index in [9.17, 15) is 14.4 Å². The zero-order valence-corrected chi connectivity index (χ0v) is 17.1. The molecule has 4 rings (SSSR count). The topological polar surface area (TPSA) is 79.6 Å². The van der Waals surface area contributed by atoms with Crippen molar-refractivity contribution in [3.63, 3.8) is 0 Å². The number of hydrogen-bond donors (Lipinski definition) is 1. The first-order valence-electron chi connectivity index (χ1n) is 8.83. The molecule has 0 atom stereocenters. The van der Waals surface area contributed by atoms with Crippen molar-refractivity contribution in [1.82, 2.24) is 4.90 Å². The lowest BCUT2D eigenvalue weighted by atomic mass is 10.1. The van der Waals surface area contributed by atoms with Gasteiger partial charge in [0.25, 0.3) is 11.8 Å². The number of nitrogens with zero attached hydrogens (tertiary/aromatic N) is 1. The number of fused-ring (bicyclic) bond motifs is 1. The summed E-state index contributed by atoms with van der Waals surface area (Å²) in [5.74, 6) is -0.143. The van der Waals surface area contributed by atoms with Crippen LogP contribution in [0.5, 0.6) is 0 Å². The molecule has 0 spiro atoms. The van der Waals surface area contributed by atoms with Crippen molar-refractivity contribution in [3.8, 4) is 11.3 Å². The van der Waals surface area contributed by atoms with Gasteiger partial charge in [0.05, 0.1) is 11.1 Å². The number of anilines is 1. The first kappa shape index (κ1) is 19.9. The second-order valence-corrected chi connectivity index (χ2v) is 7.49. The van der Waals surface area contributed by atoms with Gasteiger partial charge in [0, 0.05) is 34.4 Å². The van der Waals surface area contributed by atoms with E-state index in [1.807, 2.05) is 0 Å². The maximum absolute atomic E-state index is 12.2. The Morgan fingerprint density at radius 2 is 1.67 bits per heavy atom. The standard InChI is InChI=1S/C22H14Cl2N2O4/c1-26-21(28)17-5-2-15(11-18(17)22(26)29)25-20(27)7-4-16-3-6-19(30-16)12-8-13(23)10-14(24)9-12/h2-11H,1H3,(H,25,27)/b7-4+. The number of furan rings is 1. The van der Waals surface area contributed by atoms with Gasteiger partial charge in [-0.25, -0.2) is 0 Å². The van der Waals surface area contributed by atoms with E-state index in [-0.39, 0.29) is 11.5 Å². The minimum atomic E-state index is -0.413. The zero-order valence-electron chi connectivity index (χ0n) is 15.6. The van der Waals surface area contributed by atoms with Crippen LogP contribution in [0.1, 0.15) is 26.5 Å². The molecular weight excluding hydrogens is 427 g/mol. The van der Waals surface area contributed by atoms with Crippen molar-refractivity contribution in [3.05, 3.63) is 81.5 Å². The molecular formula is C22H14Cl2N2O4. The van der Waals surface area contributed by atoms with Crippen LogP contribution >= 0.6 is 23.2 Å². The third kappa shape index (κ3) is 3.87. The number of benzene rings is 2. The van der Waals surface area contributed by atoms with Crippen molar-refractivity contribution >= 4 is 52.7 Å². The molecule has 2 heterocycles. The summed E-state index contributed by atoms with van der Waals surface area (Å²) >= 11 is 12.0. The minimum Gasteiger partial charge on any atom is -0.457 e. The van der Waals surface area contributed by atoms with E-state index in [1.54, 1.807) is 36.4 Å². The van der Waals surface area contributed by atoms with Crippen molar-refractivity contribution in [2.45, 2.75) is 0 Å². The number of nitrogens with one attached hydrogen (secondary N) is 1. The molecule has 8 heteroatoms. The summed E-state index contributed by atoms with van der Waals surface area (Å²) in [4.78, 5) is 37.3. The third-order valence-corrected chi connectivity index (χ3v) is 4.97. The van der Waals surface area contributed by atoms with Gasteiger partial charge in [0.15, 0.2) is 0 Å². The number of carbonyl (C=O) groups is 3. The molecule has 30 heavy (non-hydrogen) atoms. The SMILES string of the molecule is CN1C(=O)c2ccc(NC(=O)/C=C/c3ccc(-c4cc(Cl)cc(Cl)c4)o3)cc2C1=O. The fourth-order valence-electron chi connectivity index (χ4n) is 3.07. The maximum Gasteiger partial charge on any atom is 0.261 e. The molecule has 2 aromatic carbocycles. The van der Waals surface area contributed by atoms with Crippen LogP contribution < -0.4 is 5.32 Å². The van der Waals surface area contributed by atoms with Crippen LogP contribution in [0.2, 0.25) is 10.0 Å². The Bertz CT molecular complexity index is 1210. The first-order chi connectivity index (χ1) is 14.3. The molecule has 0 unspecified atom stereocenters. The summed E-state index contributed by atoms with van der Waals surface area (Å²) in [5.41, 5.74) is 1.72. The van der Waals surface area contributed by atoms with Gasteiger partial charge in [-0.1, -0.05) is 23.2 Å². The molecule has 1 N–H and O–H groups in total. The first-order valence-corrected chi connectivity index (χ1v) is 9.59. The fourth-order valence-corrected chi connectivity index (χ4v) is 3.60. The second-order valence-electron chi connectivity index (χ2n) is 6.61. The van der Waals surface area contributed by atoms with Gasteiger partial charge in [0.1, 0.15) is 11.5 Å². The van der Waals surface area contributed by atoms with Gasteiger partial charge >= 0.3 is 0 Å². The van der Waals surface area contributed by atoms with E-state index in [4.69, 9.17) is 27.6 Å². The van der Waals surface area contributed by atoms with E-state index in [1.165, 1.54) is 31.3 Å². The third-order valence-electron chi connectivity index (χ3n) is 4.53. The lowest BCUT2D eigenvalue weighted by Gasteiger charge is -2.03. The Morgan fingerprint density at radius 1 is 0.967 bits per heavy atom. The Hall–Kier alpha value is -3.35. The predicted molar refractivity (Wildman–Crippen MR) is 115 cm³/mol. The van der Waals surface area contributed by atoms with Crippen LogP contribution in [0.25, 0.3) is 17.4 Å². The van der Waals surface area contributed by atoms with Gasteiger partial charge in [-0.3, -0.25) is 19.3 Å². The largest absolute Gasteiger partial charge is 0.457 e. The van der Waals surface area contributed by atoms with Crippen molar-refractivity contribution in [2.75, 3.05) is 12.4 Å². The van der Waals surface area contributed by atoms with E-state index >= 15 is 0 Å². The highest BCUT2D eigenvalue weighted by atomic mass is 35.5. The molecule has 3 amide bonds. The number of carbonyl (C=O) groups excluding carboxylic acids is 3. The van der Waals surface area contributed by atoms with Crippen molar-refractivity contribution < 1.29 is 18.8 Å². The fraction of sp³-hybridized carbons (Fsp3) is 0.0455. The molecule has 0 saturated carbocycles. The highest BCUT2D eigenvalue weighted by Crippen LogP contribution is 2.29. The maximum atomic E-state index is 12.2. The van der Waals surface area contributed by atoms with Crippen molar-refractivity contribution in [2.24, 2.45) is 0 Å². The molecule has 0 aliphatic carbocycles. The average molecular weight is 441 g/mol. The molecule has 0 bridgehead atoms. The summed E-state index contributed by atoms with van der Waals surface area (Å²) in [7, 11) is 1.42. The quantitative estimate of drug-likeness (QED) is 0.450. The highest BCUT2D eigenvalue weighted by molar-refractivity contribution is 6.35.